The van der Waals surface area contributed by atoms with Crippen LogP contribution < -0.4 is 10.6 Å². The zero-order valence-electron chi connectivity index (χ0n) is 13.4. The Balaban J connectivity index is 2.89. The van der Waals surface area contributed by atoms with Crippen molar-refractivity contribution < 1.29 is 4.74 Å². The van der Waals surface area contributed by atoms with Crippen LogP contribution in [0.3, 0.4) is 0 Å². The summed E-state index contributed by atoms with van der Waals surface area (Å²) in [6.07, 6.45) is 2.07. The Morgan fingerprint density at radius 3 is 2.45 bits per heavy atom. The number of aromatic nitrogens is 2. The molecule has 1 unspecified atom stereocenters. The van der Waals surface area contributed by atoms with E-state index in [9.17, 15) is 0 Å². The molecule has 0 aliphatic rings. The van der Waals surface area contributed by atoms with Gasteiger partial charge >= 0.3 is 0 Å². The highest BCUT2D eigenvalue weighted by Gasteiger charge is 2.11. The van der Waals surface area contributed by atoms with Gasteiger partial charge in [0.25, 0.3) is 0 Å². The molecule has 1 rings (SSSR count). The molecule has 0 saturated carbocycles. The number of methoxy groups -OCH3 is 1. The Labute approximate surface area is 122 Å². The molecule has 0 aromatic carbocycles. The number of nitrogens with one attached hydrogen (secondary N) is 2. The Morgan fingerprint density at radius 1 is 1.20 bits per heavy atom. The van der Waals surface area contributed by atoms with Gasteiger partial charge in [0.05, 0.1) is 12.6 Å². The Morgan fingerprint density at radius 2 is 1.90 bits per heavy atom. The fourth-order valence-electron chi connectivity index (χ4n) is 1.81. The highest BCUT2D eigenvalue weighted by molar-refractivity contribution is 5.48. The van der Waals surface area contributed by atoms with E-state index in [1.807, 2.05) is 6.07 Å². The molecule has 5 nitrogen and oxygen atoms in total. The minimum atomic E-state index is 0.272. The molecule has 0 spiro atoms. The van der Waals surface area contributed by atoms with Gasteiger partial charge in [-0.25, -0.2) is 9.97 Å². The summed E-state index contributed by atoms with van der Waals surface area (Å²) >= 11 is 0. The van der Waals surface area contributed by atoms with Gasteiger partial charge in [0.1, 0.15) is 17.5 Å². The molecule has 2 N–H and O–H groups in total. The number of anilines is 2. The van der Waals surface area contributed by atoms with Crippen LogP contribution in [0.25, 0.3) is 0 Å². The monoisotopic (exact) mass is 280 g/mol. The quantitative estimate of drug-likeness (QED) is 0.727. The fraction of sp³-hybridized carbons (Fsp3) is 0.733. The van der Waals surface area contributed by atoms with Crippen LogP contribution in [0, 0.1) is 0 Å². The van der Waals surface area contributed by atoms with Gasteiger partial charge in [0, 0.05) is 25.6 Å². The first-order valence-electron chi connectivity index (χ1n) is 7.49. The van der Waals surface area contributed by atoms with E-state index in [1.165, 1.54) is 0 Å². The smallest absolute Gasteiger partial charge is 0.135 e. The lowest BCUT2D eigenvalue weighted by molar-refractivity contribution is 0.184. The van der Waals surface area contributed by atoms with E-state index in [1.54, 1.807) is 7.11 Å². The van der Waals surface area contributed by atoms with Crippen molar-refractivity contribution in [2.75, 3.05) is 30.9 Å². The molecular weight excluding hydrogens is 252 g/mol. The predicted octanol–water partition coefficient (Wildman–Crippen LogP) is 3.26. The van der Waals surface area contributed by atoms with Gasteiger partial charge in [-0.2, -0.15) is 0 Å². The maximum absolute atomic E-state index is 5.22. The van der Waals surface area contributed by atoms with Crippen LogP contribution >= 0.6 is 0 Å². The average molecular weight is 280 g/mol. The molecule has 0 aliphatic heterocycles. The van der Waals surface area contributed by atoms with Gasteiger partial charge in [0.2, 0.25) is 0 Å². The molecule has 20 heavy (non-hydrogen) atoms. The van der Waals surface area contributed by atoms with Crippen molar-refractivity contribution in [3.63, 3.8) is 0 Å². The van der Waals surface area contributed by atoms with Crippen LogP contribution in [0.4, 0.5) is 11.6 Å². The largest absolute Gasteiger partial charge is 0.383 e. The number of nitrogens with zero attached hydrogens (tertiary/aromatic N) is 2. The van der Waals surface area contributed by atoms with Crippen molar-refractivity contribution in [3.8, 4) is 0 Å². The van der Waals surface area contributed by atoms with E-state index in [-0.39, 0.29) is 6.04 Å². The molecule has 1 heterocycles. The standard InChI is InChI=1S/C15H28N4O/c1-6-8-16-13-9-14(17-12(7-2)10-20-5)19-15(18-13)11(3)4/h9,11-12H,6-8,10H2,1-5H3,(H2,16,17,18,19). The molecule has 1 aromatic rings. The lowest BCUT2D eigenvalue weighted by Crippen LogP contribution is -2.25. The lowest BCUT2D eigenvalue weighted by atomic mass is 10.2. The topological polar surface area (TPSA) is 59.1 Å². The van der Waals surface area contributed by atoms with Crippen LogP contribution in [0.2, 0.25) is 0 Å². The summed E-state index contributed by atoms with van der Waals surface area (Å²) in [5.41, 5.74) is 0. The van der Waals surface area contributed by atoms with Crippen molar-refractivity contribution >= 4 is 11.6 Å². The highest BCUT2D eigenvalue weighted by Crippen LogP contribution is 2.18. The number of rotatable bonds is 9. The first-order valence-corrected chi connectivity index (χ1v) is 7.49. The SMILES string of the molecule is CCCNc1cc(NC(CC)COC)nc(C(C)C)n1. The normalized spacial score (nSPS) is 12.5. The zero-order valence-corrected chi connectivity index (χ0v) is 13.4. The van der Waals surface area contributed by atoms with Gasteiger partial charge in [-0.15, -0.1) is 0 Å². The van der Waals surface area contributed by atoms with Crippen molar-refractivity contribution in [1.82, 2.24) is 9.97 Å². The molecule has 114 valence electrons. The van der Waals surface area contributed by atoms with E-state index in [4.69, 9.17) is 4.74 Å². The molecule has 0 aliphatic carbocycles. The van der Waals surface area contributed by atoms with Crippen molar-refractivity contribution in [2.45, 2.75) is 52.5 Å². The van der Waals surface area contributed by atoms with Crippen LogP contribution in [0.15, 0.2) is 6.07 Å². The van der Waals surface area contributed by atoms with Crippen molar-refractivity contribution in [3.05, 3.63) is 11.9 Å². The van der Waals surface area contributed by atoms with Gasteiger partial charge in [-0.3, -0.25) is 0 Å². The Kier molecular flexibility index (Phi) is 7.30. The molecule has 5 heteroatoms. The summed E-state index contributed by atoms with van der Waals surface area (Å²) in [5, 5.41) is 6.76. The second kappa shape index (κ2) is 8.74. The molecule has 1 aromatic heterocycles. The Bertz CT molecular complexity index is 395. The third-order valence-corrected chi connectivity index (χ3v) is 3.03. The summed E-state index contributed by atoms with van der Waals surface area (Å²) < 4.78 is 5.22. The fourth-order valence-corrected chi connectivity index (χ4v) is 1.81. The molecule has 0 bridgehead atoms. The second-order valence-electron chi connectivity index (χ2n) is 5.28. The third kappa shape index (κ3) is 5.33. The molecule has 0 radical (unpaired) electrons. The van der Waals surface area contributed by atoms with E-state index >= 15 is 0 Å². The molecule has 0 fully saturated rings. The first-order chi connectivity index (χ1) is 9.60. The van der Waals surface area contributed by atoms with Gasteiger partial charge in [0.15, 0.2) is 0 Å². The second-order valence-corrected chi connectivity index (χ2v) is 5.28. The van der Waals surface area contributed by atoms with Crippen molar-refractivity contribution in [2.24, 2.45) is 0 Å². The van der Waals surface area contributed by atoms with Crippen LogP contribution in [-0.4, -0.2) is 36.3 Å². The van der Waals surface area contributed by atoms with Crippen LogP contribution in [0.1, 0.15) is 52.3 Å². The summed E-state index contributed by atoms with van der Waals surface area (Å²) in [7, 11) is 1.72. The van der Waals surface area contributed by atoms with E-state index in [2.05, 4.69) is 48.3 Å². The predicted molar refractivity (Wildman–Crippen MR) is 84.5 cm³/mol. The summed E-state index contributed by atoms with van der Waals surface area (Å²) in [6, 6.07) is 2.24. The third-order valence-electron chi connectivity index (χ3n) is 3.03. The van der Waals surface area contributed by atoms with E-state index < -0.39 is 0 Å². The Hall–Kier alpha value is -1.36. The van der Waals surface area contributed by atoms with Gasteiger partial charge in [-0.1, -0.05) is 27.7 Å². The zero-order chi connectivity index (χ0) is 15.0. The van der Waals surface area contributed by atoms with Crippen LogP contribution in [0.5, 0.6) is 0 Å². The molecular formula is C15H28N4O. The molecule has 1 atom stereocenters. The molecule has 0 saturated heterocycles. The highest BCUT2D eigenvalue weighted by atomic mass is 16.5. The lowest BCUT2D eigenvalue weighted by Gasteiger charge is -2.18. The summed E-state index contributed by atoms with van der Waals surface area (Å²) in [4.78, 5) is 9.15. The minimum absolute atomic E-state index is 0.272. The van der Waals surface area contributed by atoms with Crippen molar-refractivity contribution in [1.29, 1.82) is 0 Å². The molecule has 0 amide bonds. The summed E-state index contributed by atoms with van der Waals surface area (Å²) in [6.45, 7) is 10.1. The first kappa shape index (κ1) is 16.7. The average Bonchev–Trinajstić information content (AvgIpc) is 2.44. The van der Waals surface area contributed by atoms with Crippen LogP contribution in [-0.2, 0) is 4.74 Å². The van der Waals surface area contributed by atoms with E-state index in [0.717, 1.165) is 36.8 Å². The number of hydrogen-bond acceptors (Lipinski definition) is 5. The maximum atomic E-state index is 5.22. The van der Waals surface area contributed by atoms with E-state index in [0.29, 0.717) is 12.5 Å². The van der Waals surface area contributed by atoms with Gasteiger partial charge < -0.3 is 15.4 Å². The summed E-state index contributed by atoms with van der Waals surface area (Å²) in [5.74, 6) is 2.92. The number of hydrogen-bond donors (Lipinski definition) is 2. The maximum Gasteiger partial charge on any atom is 0.135 e. The minimum Gasteiger partial charge on any atom is -0.383 e. The number of ether oxygens (including phenoxy) is 1. The van der Waals surface area contributed by atoms with Gasteiger partial charge in [-0.05, 0) is 12.8 Å².